The van der Waals surface area contributed by atoms with Gasteiger partial charge in [0.2, 0.25) is 0 Å². The van der Waals surface area contributed by atoms with Crippen molar-refractivity contribution in [2.75, 3.05) is 12.3 Å². The minimum absolute atomic E-state index is 0.110. The van der Waals surface area contributed by atoms with E-state index in [1.165, 1.54) is 0 Å². The maximum Gasteiger partial charge on any atom is 0.179 e. The molecule has 0 radical (unpaired) electrons. The van der Waals surface area contributed by atoms with Crippen LogP contribution in [-0.4, -0.2) is 26.8 Å². The summed E-state index contributed by atoms with van der Waals surface area (Å²) in [5.74, 6) is 0.110. The van der Waals surface area contributed by atoms with Gasteiger partial charge in [0.1, 0.15) is 0 Å². The standard InChI is InChI=1S/C12H18ClNO2S/c1-3-10(2)14-8-9-17(15,16)12-6-4-11(13)5-7-12/h4-7,10,14H,3,8-9H2,1-2H3/t10-/m1/s1. The van der Waals surface area contributed by atoms with Crippen molar-refractivity contribution >= 4 is 21.4 Å². The molecule has 0 amide bonds. The smallest absolute Gasteiger partial charge is 0.179 e. The van der Waals surface area contributed by atoms with E-state index >= 15 is 0 Å². The summed E-state index contributed by atoms with van der Waals surface area (Å²) in [4.78, 5) is 0.327. The molecule has 0 unspecified atom stereocenters. The van der Waals surface area contributed by atoms with Crippen molar-refractivity contribution in [1.29, 1.82) is 0 Å². The Morgan fingerprint density at radius 1 is 1.29 bits per heavy atom. The van der Waals surface area contributed by atoms with Crippen molar-refractivity contribution in [3.63, 3.8) is 0 Å². The summed E-state index contributed by atoms with van der Waals surface area (Å²) in [6.07, 6.45) is 0.987. The average Bonchev–Trinajstić information content (AvgIpc) is 2.29. The van der Waals surface area contributed by atoms with Crippen LogP contribution in [0, 0.1) is 0 Å². The molecule has 1 N–H and O–H groups in total. The molecule has 0 bridgehead atoms. The van der Waals surface area contributed by atoms with Crippen LogP contribution in [0.4, 0.5) is 0 Å². The van der Waals surface area contributed by atoms with Gasteiger partial charge < -0.3 is 5.32 Å². The number of rotatable bonds is 6. The first-order valence-electron chi connectivity index (χ1n) is 5.67. The normalized spacial score (nSPS) is 13.6. The largest absolute Gasteiger partial charge is 0.313 e. The Labute approximate surface area is 108 Å². The Morgan fingerprint density at radius 3 is 2.41 bits per heavy atom. The maximum atomic E-state index is 11.9. The highest BCUT2D eigenvalue weighted by molar-refractivity contribution is 7.91. The van der Waals surface area contributed by atoms with E-state index in [1.54, 1.807) is 24.3 Å². The fourth-order valence-electron chi connectivity index (χ4n) is 1.34. The van der Waals surface area contributed by atoms with Crippen LogP contribution in [0.15, 0.2) is 29.2 Å². The number of halogens is 1. The molecule has 0 aromatic heterocycles. The van der Waals surface area contributed by atoms with E-state index in [0.717, 1.165) is 6.42 Å². The first-order valence-corrected chi connectivity index (χ1v) is 7.70. The summed E-state index contributed by atoms with van der Waals surface area (Å²) in [7, 11) is -3.20. The zero-order valence-electron chi connectivity index (χ0n) is 10.1. The summed E-state index contributed by atoms with van der Waals surface area (Å²) in [5.41, 5.74) is 0. The highest BCUT2D eigenvalue weighted by Crippen LogP contribution is 2.15. The second kappa shape index (κ2) is 6.38. The third-order valence-electron chi connectivity index (χ3n) is 2.65. The quantitative estimate of drug-likeness (QED) is 0.868. The highest BCUT2D eigenvalue weighted by Gasteiger charge is 2.13. The van der Waals surface area contributed by atoms with Crippen LogP contribution in [0.5, 0.6) is 0 Å². The molecule has 0 aliphatic carbocycles. The fourth-order valence-corrected chi connectivity index (χ4v) is 2.64. The van der Waals surface area contributed by atoms with Gasteiger partial charge in [0, 0.05) is 17.6 Å². The topological polar surface area (TPSA) is 46.2 Å². The molecule has 0 saturated carbocycles. The first-order chi connectivity index (χ1) is 7.95. The highest BCUT2D eigenvalue weighted by atomic mass is 35.5. The van der Waals surface area contributed by atoms with Crippen molar-refractivity contribution in [1.82, 2.24) is 5.32 Å². The van der Waals surface area contributed by atoms with Gasteiger partial charge in [0.25, 0.3) is 0 Å². The molecule has 0 aliphatic heterocycles. The summed E-state index contributed by atoms with van der Waals surface area (Å²) in [5, 5.41) is 3.71. The minimum atomic E-state index is -3.20. The lowest BCUT2D eigenvalue weighted by molar-refractivity contribution is 0.544. The SMILES string of the molecule is CC[C@@H](C)NCCS(=O)(=O)c1ccc(Cl)cc1. The van der Waals surface area contributed by atoms with Crippen molar-refractivity contribution in [3.05, 3.63) is 29.3 Å². The predicted octanol–water partition coefficient (Wildman–Crippen LogP) is 2.50. The second-order valence-electron chi connectivity index (χ2n) is 4.04. The summed E-state index contributed by atoms with van der Waals surface area (Å²) in [6, 6.07) is 6.62. The van der Waals surface area contributed by atoms with Gasteiger partial charge in [-0.2, -0.15) is 0 Å². The van der Waals surface area contributed by atoms with E-state index in [2.05, 4.69) is 12.2 Å². The summed E-state index contributed by atoms with van der Waals surface area (Å²) < 4.78 is 23.9. The lowest BCUT2D eigenvalue weighted by Gasteiger charge is -2.11. The summed E-state index contributed by atoms with van der Waals surface area (Å²) >= 11 is 5.72. The van der Waals surface area contributed by atoms with Gasteiger partial charge in [-0.25, -0.2) is 8.42 Å². The zero-order valence-corrected chi connectivity index (χ0v) is 11.7. The molecular formula is C12H18ClNO2S. The fraction of sp³-hybridized carbons (Fsp3) is 0.500. The Bertz CT molecular complexity index is 442. The number of sulfone groups is 1. The zero-order chi connectivity index (χ0) is 12.9. The molecule has 5 heteroatoms. The van der Waals surface area contributed by atoms with E-state index in [9.17, 15) is 8.42 Å². The van der Waals surface area contributed by atoms with Gasteiger partial charge >= 0.3 is 0 Å². The van der Waals surface area contributed by atoms with Gasteiger partial charge in [-0.05, 0) is 37.6 Å². The molecule has 0 aliphatic rings. The van der Waals surface area contributed by atoms with Crippen LogP contribution >= 0.6 is 11.6 Å². The molecule has 96 valence electrons. The molecule has 0 fully saturated rings. The molecule has 1 rings (SSSR count). The second-order valence-corrected chi connectivity index (χ2v) is 6.58. The first kappa shape index (κ1) is 14.5. The molecule has 3 nitrogen and oxygen atoms in total. The molecule has 17 heavy (non-hydrogen) atoms. The third kappa shape index (κ3) is 4.66. The van der Waals surface area contributed by atoms with Crippen LogP contribution in [0.1, 0.15) is 20.3 Å². The van der Waals surface area contributed by atoms with Crippen LogP contribution < -0.4 is 5.32 Å². The van der Waals surface area contributed by atoms with Crippen LogP contribution in [0.2, 0.25) is 5.02 Å². The molecule has 0 heterocycles. The van der Waals surface area contributed by atoms with Crippen molar-refractivity contribution in [2.45, 2.75) is 31.2 Å². The number of benzene rings is 1. The maximum absolute atomic E-state index is 11.9. The Kier molecular flexibility index (Phi) is 5.43. The van der Waals surface area contributed by atoms with Crippen LogP contribution in [-0.2, 0) is 9.84 Å². The number of nitrogens with one attached hydrogen (secondary N) is 1. The van der Waals surface area contributed by atoms with E-state index in [0.29, 0.717) is 22.5 Å². The Balaban J connectivity index is 2.60. The lowest BCUT2D eigenvalue weighted by atomic mass is 10.3. The van der Waals surface area contributed by atoms with Gasteiger partial charge in [0.15, 0.2) is 9.84 Å². The van der Waals surface area contributed by atoms with Gasteiger partial charge in [-0.1, -0.05) is 18.5 Å². The van der Waals surface area contributed by atoms with Crippen LogP contribution in [0.3, 0.4) is 0 Å². The van der Waals surface area contributed by atoms with Gasteiger partial charge in [-0.3, -0.25) is 0 Å². The van der Waals surface area contributed by atoms with E-state index in [-0.39, 0.29) is 5.75 Å². The summed E-state index contributed by atoms with van der Waals surface area (Å²) in [6.45, 7) is 4.57. The number of hydrogen-bond donors (Lipinski definition) is 1. The van der Waals surface area contributed by atoms with E-state index in [1.807, 2.05) is 6.92 Å². The minimum Gasteiger partial charge on any atom is -0.313 e. The molecular weight excluding hydrogens is 258 g/mol. The number of hydrogen-bond acceptors (Lipinski definition) is 3. The van der Waals surface area contributed by atoms with Crippen molar-refractivity contribution < 1.29 is 8.42 Å². The lowest BCUT2D eigenvalue weighted by Crippen LogP contribution is -2.30. The third-order valence-corrected chi connectivity index (χ3v) is 4.63. The Hall–Kier alpha value is -0.580. The van der Waals surface area contributed by atoms with Crippen molar-refractivity contribution in [3.8, 4) is 0 Å². The Morgan fingerprint density at radius 2 is 1.88 bits per heavy atom. The molecule has 0 spiro atoms. The predicted molar refractivity (Wildman–Crippen MR) is 71.3 cm³/mol. The van der Waals surface area contributed by atoms with E-state index in [4.69, 9.17) is 11.6 Å². The average molecular weight is 276 g/mol. The van der Waals surface area contributed by atoms with Gasteiger partial charge in [-0.15, -0.1) is 0 Å². The molecule has 0 saturated heterocycles. The van der Waals surface area contributed by atoms with Crippen LogP contribution in [0.25, 0.3) is 0 Å². The van der Waals surface area contributed by atoms with Gasteiger partial charge in [0.05, 0.1) is 10.6 Å². The van der Waals surface area contributed by atoms with E-state index < -0.39 is 9.84 Å². The molecule has 1 atom stereocenters. The molecule has 1 aromatic carbocycles. The monoisotopic (exact) mass is 275 g/mol. The molecule has 1 aromatic rings. The van der Waals surface area contributed by atoms with Crippen molar-refractivity contribution in [2.24, 2.45) is 0 Å².